The number of carbonyl (C=O) groups excluding carboxylic acids is 1. The van der Waals surface area contributed by atoms with Crippen molar-refractivity contribution in [1.82, 2.24) is 4.98 Å². The van der Waals surface area contributed by atoms with Crippen molar-refractivity contribution >= 4 is 5.97 Å². The smallest absolute Gasteiger partial charge is 0.437 e. The molecule has 0 atom stereocenters. The number of rotatable bonds is 3. The van der Waals surface area contributed by atoms with Gasteiger partial charge < -0.3 is 13.9 Å². The zero-order valence-corrected chi connectivity index (χ0v) is 10.8. The van der Waals surface area contributed by atoms with Crippen LogP contribution in [0.3, 0.4) is 0 Å². The molecule has 112 valence electrons. The van der Waals surface area contributed by atoms with Crippen LogP contribution in [0.1, 0.15) is 47.8 Å². The van der Waals surface area contributed by atoms with E-state index in [1.165, 1.54) is 6.92 Å². The maximum atomic E-state index is 12.9. The molecule has 0 N–H and O–H groups in total. The molecule has 1 fully saturated rings. The molecule has 1 aliphatic rings. The van der Waals surface area contributed by atoms with Crippen LogP contribution >= 0.6 is 0 Å². The number of ether oxygens (including phenoxy) is 2. The standard InChI is InChI=1S/C12H14F3NO4/c1-2-19-11(17)8-9(12(13,14)15)16-10(20-8)7-3-5-18-6-4-7/h7H,2-6H2,1H3. The van der Waals surface area contributed by atoms with Crippen molar-refractivity contribution < 1.29 is 31.9 Å². The molecule has 0 bridgehead atoms. The lowest BCUT2D eigenvalue weighted by molar-refractivity contribution is -0.141. The van der Waals surface area contributed by atoms with E-state index in [1.807, 2.05) is 0 Å². The van der Waals surface area contributed by atoms with E-state index >= 15 is 0 Å². The third kappa shape index (κ3) is 3.12. The van der Waals surface area contributed by atoms with Gasteiger partial charge in [-0.1, -0.05) is 0 Å². The fraction of sp³-hybridized carbons (Fsp3) is 0.667. The average molecular weight is 293 g/mol. The van der Waals surface area contributed by atoms with Gasteiger partial charge in [-0.25, -0.2) is 9.78 Å². The van der Waals surface area contributed by atoms with Gasteiger partial charge in [0, 0.05) is 19.1 Å². The zero-order chi connectivity index (χ0) is 14.8. The second-order valence-electron chi connectivity index (χ2n) is 4.33. The molecule has 1 saturated heterocycles. The summed E-state index contributed by atoms with van der Waals surface area (Å²) in [5.74, 6) is -2.37. The van der Waals surface area contributed by atoms with Gasteiger partial charge in [0.15, 0.2) is 11.6 Å². The Morgan fingerprint density at radius 3 is 2.60 bits per heavy atom. The minimum Gasteiger partial charge on any atom is -0.460 e. The summed E-state index contributed by atoms with van der Waals surface area (Å²) in [6.07, 6.45) is -3.73. The summed E-state index contributed by atoms with van der Waals surface area (Å²) in [7, 11) is 0. The Balaban J connectivity index is 2.33. The molecule has 0 saturated carbocycles. The molecule has 0 aliphatic carbocycles. The van der Waals surface area contributed by atoms with Crippen LogP contribution in [0, 0.1) is 0 Å². The van der Waals surface area contributed by atoms with Crippen LogP contribution in [0.4, 0.5) is 13.2 Å². The number of carbonyl (C=O) groups is 1. The van der Waals surface area contributed by atoms with E-state index in [0.29, 0.717) is 26.1 Å². The van der Waals surface area contributed by atoms with Crippen molar-refractivity contribution in [1.29, 1.82) is 0 Å². The Hall–Kier alpha value is -1.57. The molecule has 2 heterocycles. The summed E-state index contributed by atoms with van der Waals surface area (Å²) < 4.78 is 53.4. The molecule has 0 aromatic carbocycles. The van der Waals surface area contributed by atoms with Crippen LogP contribution in [0.2, 0.25) is 0 Å². The topological polar surface area (TPSA) is 61.6 Å². The van der Waals surface area contributed by atoms with Gasteiger partial charge in [0.1, 0.15) is 0 Å². The zero-order valence-electron chi connectivity index (χ0n) is 10.8. The Labute approximate surface area is 113 Å². The molecule has 8 heteroatoms. The van der Waals surface area contributed by atoms with Crippen LogP contribution in [0.15, 0.2) is 4.42 Å². The van der Waals surface area contributed by atoms with Crippen molar-refractivity contribution in [2.24, 2.45) is 0 Å². The molecule has 1 aliphatic heterocycles. The molecule has 20 heavy (non-hydrogen) atoms. The first-order chi connectivity index (χ1) is 9.43. The Bertz CT molecular complexity index is 478. The normalized spacial score (nSPS) is 17.2. The van der Waals surface area contributed by atoms with E-state index in [9.17, 15) is 18.0 Å². The van der Waals surface area contributed by atoms with Crippen molar-refractivity contribution in [3.63, 3.8) is 0 Å². The summed E-state index contributed by atoms with van der Waals surface area (Å²) >= 11 is 0. The Morgan fingerprint density at radius 1 is 1.40 bits per heavy atom. The summed E-state index contributed by atoms with van der Waals surface area (Å²) in [6.45, 7) is 2.33. The van der Waals surface area contributed by atoms with E-state index in [0.717, 1.165) is 0 Å². The maximum absolute atomic E-state index is 12.9. The maximum Gasteiger partial charge on any atom is 0.437 e. The molecule has 5 nitrogen and oxygen atoms in total. The highest BCUT2D eigenvalue weighted by Crippen LogP contribution is 2.35. The van der Waals surface area contributed by atoms with Gasteiger partial charge in [0.2, 0.25) is 5.76 Å². The van der Waals surface area contributed by atoms with Crippen LogP contribution in [0.5, 0.6) is 0 Å². The molecular weight excluding hydrogens is 279 g/mol. The van der Waals surface area contributed by atoms with E-state index in [2.05, 4.69) is 9.72 Å². The van der Waals surface area contributed by atoms with Crippen molar-refractivity contribution in [3.8, 4) is 0 Å². The van der Waals surface area contributed by atoms with Gasteiger partial charge in [-0.15, -0.1) is 0 Å². The predicted molar refractivity (Wildman–Crippen MR) is 60.3 cm³/mol. The fourth-order valence-corrected chi connectivity index (χ4v) is 1.98. The molecule has 1 aromatic heterocycles. The second kappa shape index (κ2) is 5.82. The Kier molecular flexibility index (Phi) is 4.32. The number of aromatic nitrogens is 1. The van der Waals surface area contributed by atoms with Crippen molar-refractivity contribution in [2.75, 3.05) is 19.8 Å². The van der Waals surface area contributed by atoms with Gasteiger partial charge in [-0.3, -0.25) is 0 Å². The van der Waals surface area contributed by atoms with E-state index in [4.69, 9.17) is 9.15 Å². The van der Waals surface area contributed by atoms with Crippen LogP contribution in [0.25, 0.3) is 0 Å². The van der Waals surface area contributed by atoms with Crippen molar-refractivity contribution in [3.05, 3.63) is 17.3 Å². The predicted octanol–water partition coefficient (Wildman–Crippen LogP) is 2.76. The average Bonchev–Trinajstić information content (AvgIpc) is 2.85. The molecule has 2 rings (SSSR count). The highest BCUT2D eigenvalue weighted by molar-refractivity contribution is 5.87. The van der Waals surface area contributed by atoms with E-state index in [-0.39, 0.29) is 18.4 Å². The monoisotopic (exact) mass is 293 g/mol. The number of alkyl halides is 3. The summed E-state index contributed by atoms with van der Waals surface area (Å²) in [5, 5.41) is 0. The SMILES string of the molecule is CCOC(=O)c1oc(C2CCOCC2)nc1C(F)(F)F. The lowest BCUT2D eigenvalue weighted by atomic mass is 10.0. The molecule has 0 amide bonds. The van der Waals surface area contributed by atoms with Crippen LogP contribution in [-0.4, -0.2) is 30.8 Å². The molecule has 1 aromatic rings. The van der Waals surface area contributed by atoms with Gasteiger partial charge in [-0.05, 0) is 19.8 Å². The highest BCUT2D eigenvalue weighted by atomic mass is 19.4. The first kappa shape index (κ1) is 14.8. The van der Waals surface area contributed by atoms with Crippen LogP contribution < -0.4 is 0 Å². The largest absolute Gasteiger partial charge is 0.460 e. The number of nitrogens with zero attached hydrogens (tertiary/aromatic N) is 1. The fourth-order valence-electron chi connectivity index (χ4n) is 1.98. The van der Waals surface area contributed by atoms with Gasteiger partial charge >= 0.3 is 12.1 Å². The first-order valence-corrected chi connectivity index (χ1v) is 6.26. The van der Waals surface area contributed by atoms with Crippen LogP contribution in [-0.2, 0) is 15.7 Å². The quantitative estimate of drug-likeness (QED) is 0.802. The number of hydrogen-bond acceptors (Lipinski definition) is 5. The highest BCUT2D eigenvalue weighted by Gasteiger charge is 2.42. The lowest BCUT2D eigenvalue weighted by Gasteiger charge is -2.18. The molecular formula is C12H14F3NO4. The van der Waals surface area contributed by atoms with Gasteiger partial charge in [0.05, 0.1) is 6.61 Å². The summed E-state index contributed by atoms with van der Waals surface area (Å²) in [6, 6.07) is 0. The first-order valence-electron chi connectivity index (χ1n) is 6.26. The molecule has 0 unspecified atom stereocenters. The van der Waals surface area contributed by atoms with E-state index in [1.54, 1.807) is 0 Å². The lowest BCUT2D eigenvalue weighted by Crippen LogP contribution is -2.15. The third-order valence-corrected chi connectivity index (χ3v) is 2.94. The number of esters is 1. The molecule has 0 radical (unpaired) electrons. The van der Waals surface area contributed by atoms with E-state index < -0.39 is 23.6 Å². The third-order valence-electron chi connectivity index (χ3n) is 2.94. The minimum absolute atomic E-state index is 0.0383. The number of oxazole rings is 1. The van der Waals surface area contributed by atoms with Gasteiger partial charge in [0.25, 0.3) is 0 Å². The summed E-state index contributed by atoms with van der Waals surface area (Å²) in [4.78, 5) is 15.0. The number of halogens is 3. The second-order valence-corrected chi connectivity index (χ2v) is 4.33. The summed E-state index contributed by atoms with van der Waals surface area (Å²) in [5.41, 5.74) is -1.32. The Morgan fingerprint density at radius 2 is 2.05 bits per heavy atom. The van der Waals surface area contributed by atoms with Crippen molar-refractivity contribution in [2.45, 2.75) is 31.9 Å². The van der Waals surface area contributed by atoms with Gasteiger partial charge in [-0.2, -0.15) is 13.2 Å². The molecule has 0 spiro atoms. The minimum atomic E-state index is -4.75. The number of hydrogen-bond donors (Lipinski definition) is 0.